The van der Waals surface area contributed by atoms with Crippen molar-refractivity contribution in [3.8, 4) is 0 Å². The molecule has 1 saturated heterocycles. The summed E-state index contributed by atoms with van der Waals surface area (Å²) >= 11 is 5.94. The molecule has 0 amide bonds. The lowest BCUT2D eigenvalue weighted by molar-refractivity contribution is -0.136. The topological polar surface area (TPSA) is 77.9 Å². The SMILES string of the molecule is CC(C(=O)O)S(=O)(=O)N1CCN(c2cccc(Cl)c2)CC1. The third-order valence-electron chi connectivity index (χ3n) is 3.57. The van der Waals surface area contributed by atoms with E-state index in [4.69, 9.17) is 16.7 Å². The Morgan fingerprint density at radius 3 is 2.43 bits per heavy atom. The molecular weight excluding hydrogens is 316 g/mol. The van der Waals surface area contributed by atoms with Crippen LogP contribution in [0.15, 0.2) is 24.3 Å². The number of piperazine rings is 1. The van der Waals surface area contributed by atoms with Gasteiger partial charge in [-0.15, -0.1) is 0 Å². The van der Waals surface area contributed by atoms with Crippen molar-refractivity contribution in [2.24, 2.45) is 0 Å². The van der Waals surface area contributed by atoms with E-state index in [1.807, 2.05) is 23.1 Å². The van der Waals surface area contributed by atoms with Crippen LogP contribution in [0.1, 0.15) is 6.92 Å². The van der Waals surface area contributed by atoms with Crippen LogP contribution in [0.2, 0.25) is 5.02 Å². The molecule has 0 aromatic heterocycles. The molecule has 1 aromatic carbocycles. The zero-order valence-corrected chi connectivity index (χ0v) is 13.1. The first-order chi connectivity index (χ1) is 9.82. The number of aliphatic carboxylic acids is 1. The summed E-state index contributed by atoms with van der Waals surface area (Å²) in [6.07, 6.45) is 0. The van der Waals surface area contributed by atoms with Crippen LogP contribution in [0.3, 0.4) is 0 Å². The zero-order chi connectivity index (χ0) is 15.6. The number of carboxylic acids is 1. The van der Waals surface area contributed by atoms with Gasteiger partial charge in [-0.1, -0.05) is 17.7 Å². The molecule has 0 saturated carbocycles. The van der Waals surface area contributed by atoms with Crippen molar-refractivity contribution in [2.75, 3.05) is 31.1 Å². The van der Waals surface area contributed by atoms with Gasteiger partial charge in [-0.25, -0.2) is 8.42 Å². The average Bonchev–Trinajstić information content (AvgIpc) is 2.46. The maximum absolute atomic E-state index is 12.1. The first-order valence-electron chi connectivity index (χ1n) is 6.54. The van der Waals surface area contributed by atoms with Gasteiger partial charge >= 0.3 is 5.97 Å². The second kappa shape index (κ2) is 6.21. The van der Waals surface area contributed by atoms with Gasteiger partial charge in [0, 0.05) is 36.9 Å². The van der Waals surface area contributed by atoms with Crippen LogP contribution in [0, 0.1) is 0 Å². The molecule has 8 heteroatoms. The number of sulfonamides is 1. The molecule has 2 rings (SSSR count). The van der Waals surface area contributed by atoms with E-state index in [9.17, 15) is 13.2 Å². The largest absolute Gasteiger partial charge is 0.480 e. The molecule has 0 bridgehead atoms. The van der Waals surface area contributed by atoms with Crippen molar-refractivity contribution < 1.29 is 18.3 Å². The second-order valence-corrected chi connectivity index (χ2v) is 7.58. The molecule has 0 spiro atoms. The molecule has 1 aromatic rings. The highest BCUT2D eigenvalue weighted by Gasteiger charge is 2.35. The molecule has 1 unspecified atom stereocenters. The van der Waals surface area contributed by atoms with Gasteiger partial charge in [0.2, 0.25) is 10.0 Å². The molecule has 6 nitrogen and oxygen atoms in total. The van der Waals surface area contributed by atoms with Gasteiger partial charge in [0.05, 0.1) is 0 Å². The highest BCUT2D eigenvalue weighted by molar-refractivity contribution is 7.90. The molecule has 116 valence electrons. The zero-order valence-electron chi connectivity index (χ0n) is 11.6. The highest BCUT2D eigenvalue weighted by Crippen LogP contribution is 2.22. The Morgan fingerprint density at radius 1 is 1.29 bits per heavy atom. The summed E-state index contributed by atoms with van der Waals surface area (Å²) in [4.78, 5) is 12.9. The Bertz CT molecular complexity index is 627. The maximum atomic E-state index is 12.1. The van der Waals surface area contributed by atoms with Gasteiger partial charge in [0.25, 0.3) is 0 Å². The van der Waals surface area contributed by atoms with Gasteiger partial charge in [-0.3, -0.25) is 4.79 Å². The minimum absolute atomic E-state index is 0.270. The molecule has 1 fully saturated rings. The molecule has 0 radical (unpaired) electrons. The summed E-state index contributed by atoms with van der Waals surface area (Å²) in [6, 6.07) is 7.36. The van der Waals surface area contributed by atoms with Crippen molar-refractivity contribution in [2.45, 2.75) is 12.2 Å². The molecule has 1 heterocycles. The summed E-state index contributed by atoms with van der Waals surface area (Å²) in [5.41, 5.74) is 0.936. The monoisotopic (exact) mass is 332 g/mol. The van der Waals surface area contributed by atoms with Crippen LogP contribution in [-0.4, -0.2) is 55.2 Å². The van der Waals surface area contributed by atoms with Gasteiger partial charge < -0.3 is 10.0 Å². The van der Waals surface area contributed by atoms with Crippen LogP contribution >= 0.6 is 11.6 Å². The average molecular weight is 333 g/mol. The Labute approximate surface area is 129 Å². The molecular formula is C13H17ClN2O4S. The Balaban J connectivity index is 2.05. The minimum atomic E-state index is -3.79. The maximum Gasteiger partial charge on any atom is 0.323 e. The normalized spacial score (nSPS) is 18.5. The predicted molar refractivity (Wildman–Crippen MR) is 81.3 cm³/mol. The van der Waals surface area contributed by atoms with Crippen molar-refractivity contribution in [1.82, 2.24) is 4.31 Å². The summed E-state index contributed by atoms with van der Waals surface area (Å²) < 4.78 is 25.5. The second-order valence-electron chi connectivity index (χ2n) is 4.89. The molecule has 0 aliphatic carbocycles. The molecule has 1 aliphatic rings. The highest BCUT2D eigenvalue weighted by atomic mass is 35.5. The number of benzene rings is 1. The molecule has 1 N–H and O–H groups in total. The predicted octanol–water partition coefficient (Wildman–Crippen LogP) is 1.26. The fraction of sp³-hybridized carbons (Fsp3) is 0.462. The van der Waals surface area contributed by atoms with E-state index in [1.165, 1.54) is 11.2 Å². The van der Waals surface area contributed by atoms with Crippen molar-refractivity contribution >= 4 is 33.3 Å². The van der Waals surface area contributed by atoms with Gasteiger partial charge in [-0.05, 0) is 25.1 Å². The van der Waals surface area contributed by atoms with Crippen molar-refractivity contribution in [3.63, 3.8) is 0 Å². The summed E-state index contributed by atoms with van der Waals surface area (Å²) in [6.45, 7) is 2.75. The van der Waals surface area contributed by atoms with Crippen LogP contribution in [0.4, 0.5) is 5.69 Å². The first kappa shape index (κ1) is 16.1. The van der Waals surface area contributed by atoms with E-state index in [-0.39, 0.29) is 13.1 Å². The molecule has 21 heavy (non-hydrogen) atoms. The van der Waals surface area contributed by atoms with E-state index in [2.05, 4.69) is 0 Å². The van der Waals surface area contributed by atoms with Crippen LogP contribution in [0.5, 0.6) is 0 Å². The third kappa shape index (κ3) is 3.48. The number of halogens is 1. The van der Waals surface area contributed by atoms with E-state index in [0.29, 0.717) is 18.1 Å². The smallest absolute Gasteiger partial charge is 0.323 e. The van der Waals surface area contributed by atoms with Crippen LogP contribution in [0.25, 0.3) is 0 Å². The quantitative estimate of drug-likeness (QED) is 0.898. The lowest BCUT2D eigenvalue weighted by Gasteiger charge is -2.36. The number of carbonyl (C=O) groups is 1. The third-order valence-corrected chi connectivity index (χ3v) is 5.98. The fourth-order valence-corrected chi connectivity index (χ4v) is 3.78. The van der Waals surface area contributed by atoms with Gasteiger partial charge in [0.1, 0.15) is 0 Å². The number of hydrogen-bond acceptors (Lipinski definition) is 4. The van der Waals surface area contributed by atoms with Crippen molar-refractivity contribution in [3.05, 3.63) is 29.3 Å². The number of rotatable bonds is 4. The summed E-state index contributed by atoms with van der Waals surface area (Å²) in [5.74, 6) is -1.33. The van der Waals surface area contributed by atoms with Gasteiger partial charge in [0.15, 0.2) is 5.25 Å². The molecule has 1 aliphatic heterocycles. The number of anilines is 1. The van der Waals surface area contributed by atoms with Crippen LogP contribution < -0.4 is 4.90 Å². The standard InChI is InChI=1S/C13H17ClN2O4S/c1-10(13(17)18)21(19,20)16-7-5-15(6-8-16)12-4-2-3-11(14)9-12/h2-4,9-10H,5-8H2,1H3,(H,17,18). The van der Waals surface area contributed by atoms with E-state index in [1.54, 1.807) is 6.07 Å². The summed E-state index contributed by atoms with van der Waals surface area (Å²) in [7, 11) is -3.79. The lowest BCUT2D eigenvalue weighted by Crippen LogP contribution is -2.51. The fourth-order valence-electron chi connectivity index (χ4n) is 2.22. The first-order valence-corrected chi connectivity index (χ1v) is 8.43. The summed E-state index contributed by atoms with van der Waals surface area (Å²) in [5, 5.41) is 8.08. The molecule has 1 atom stereocenters. The Kier molecular flexibility index (Phi) is 4.75. The van der Waals surface area contributed by atoms with Crippen LogP contribution in [-0.2, 0) is 14.8 Å². The van der Waals surface area contributed by atoms with E-state index < -0.39 is 21.2 Å². The number of nitrogens with zero attached hydrogens (tertiary/aromatic N) is 2. The van der Waals surface area contributed by atoms with E-state index >= 15 is 0 Å². The minimum Gasteiger partial charge on any atom is -0.480 e. The number of carboxylic acid groups (broad SMARTS) is 1. The van der Waals surface area contributed by atoms with Gasteiger partial charge in [-0.2, -0.15) is 4.31 Å². The van der Waals surface area contributed by atoms with Crippen molar-refractivity contribution in [1.29, 1.82) is 0 Å². The Morgan fingerprint density at radius 2 is 1.90 bits per heavy atom. The number of hydrogen-bond donors (Lipinski definition) is 1. The Hall–Kier alpha value is -1.31. The lowest BCUT2D eigenvalue weighted by atomic mass is 10.2. The van der Waals surface area contributed by atoms with E-state index in [0.717, 1.165) is 5.69 Å².